The van der Waals surface area contributed by atoms with Crippen LogP contribution in [-0.4, -0.2) is 21.3 Å². The molecule has 3 aromatic rings. The van der Waals surface area contributed by atoms with E-state index in [9.17, 15) is 5.11 Å². The maximum Gasteiger partial charge on any atom is 0.231 e. The number of rotatable bonds is 2. The van der Waals surface area contributed by atoms with E-state index >= 15 is 0 Å². The molecule has 3 heterocycles. The van der Waals surface area contributed by atoms with E-state index in [1.165, 1.54) is 0 Å². The number of hydrogen-bond donors (Lipinski definition) is 1. The number of halogens is 2. The van der Waals surface area contributed by atoms with Gasteiger partial charge in [-0.3, -0.25) is 4.40 Å². The highest BCUT2D eigenvalue weighted by atomic mass is 35.5. The lowest BCUT2D eigenvalue weighted by molar-refractivity contribution is 0.174. The largest absolute Gasteiger partial charge is 0.454 e. The van der Waals surface area contributed by atoms with Crippen molar-refractivity contribution in [2.45, 2.75) is 6.61 Å². The number of aliphatic hydroxyl groups excluding tert-OH is 1. The number of aromatic nitrogens is 2. The van der Waals surface area contributed by atoms with Gasteiger partial charge in [-0.2, -0.15) is 0 Å². The van der Waals surface area contributed by atoms with Crippen molar-refractivity contribution in [2.75, 3.05) is 6.79 Å². The monoisotopic (exact) mass is 336 g/mol. The molecule has 0 amide bonds. The van der Waals surface area contributed by atoms with E-state index in [2.05, 4.69) is 4.98 Å². The third-order valence-corrected chi connectivity index (χ3v) is 4.02. The first-order valence-corrected chi connectivity index (χ1v) is 7.30. The smallest absolute Gasteiger partial charge is 0.231 e. The highest BCUT2D eigenvalue weighted by Crippen LogP contribution is 2.37. The van der Waals surface area contributed by atoms with Gasteiger partial charge in [0.15, 0.2) is 17.1 Å². The van der Waals surface area contributed by atoms with Crippen LogP contribution in [0.1, 0.15) is 5.69 Å². The molecule has 0 aliphatic carbocycles. The summed E-state index contributed by atoms with van der Waals surface area (Å²) >= 11 is 12.2. The minimum absolute atomic E-state index is 0.193. The predicted octanol–water partition coefficient (Wildman–Crippen LogP) is 3.53. The van der Waals surface area contributed by atoms with Gasteiger partial charge in [0.05, 0.1) is 28.0 Å². The number of fused-ring (bicyclic) bond motifs is 2. The van der Waals surface area contributed by atoms with Gasteiger partial charge in [0.1, 0.15) is 0 Å². The summed E-state index contributed by atoms with van der Waals surface area (Å²) in [7, 11) is 0. The zero-order valence-corrected chi connectivity index (χ0v) is 12.7. The topological polar surface area (TPSA) is 56.0 Å². The highest BCUT2D eigenvalue weighted by Gasteiger charge is 2.19. The van der Waals surface area contributed by atoms with Gasteiger partial charge in [0.2, 0.25) is 6.79 Å². The van der Waals surface area contributed by atoms with E-state index in [4.69, 9.17) is 32.7 Å². The number of aliphatic hydroxyl groups is 1. The number of ether oxygens (including phenoxy) is 2. The molecule has 1 aliphatic heterocycles. The van der Waals surface area contributed by atoms with Gasteiger partial charge in [-0.05, 0) is 24.3 Å². The molecule has 1 N–H and O–H groups in total. The van der Waals surface area contributed by atoms with Gasteiger partial charge in [0, 0.05) is 11.8 Å². The van der Waals surface area contributed by atoms with Crippen molar-refractivity contribution in [3.8, 4) is 22.8 Å². The second-order valence-electron chi connectivity index (χ2n) is 4.83. The molecule has 5 nitrogen and oxygen atoms in total. The molecule has 7 heteroatoms. The van der Waals surface area contributed by atoms with Crippen molar-refractivity contribution in [1.82, 2.24) is 9.38 Å². The van der Waals surface area contributed by atoms with Crippen molar-refractivity contribution in [1.29, 1.82) is 0 Å². The maximum absolute atomic E-state index is 9.74. The van der Waals surface area contributed by atoms with Crippen molar-refractivity contribution < 1.29 is 14.6 Å². The molecule has 0 saturated heterocycles. The molecule has 0 atom stereocenters. The first-order valence-electron chi connectivity index (χ1n) is 6.54. The number of nitrogens with zero attached hydrogens (tertiary/aromatic N) is 2. The minimum atomic E-state index is -0.193. The van der Waals surface area contributed by atoms with E-state index in [1.54, 1.807) is 16.7 Å². The van der Waals surface area contributed by atoms with Crippen LogP contribution in [0.4, 0.5) is 0 Å². The average Bonchev–Trinajstić information content (AvgIpc) is 3.09. The Hall–Kier alpha value is -1.95. The first-order chi connectivity index (χ1) is 10.7. The summed E-state index contributed by atoms with van der Waals surface area (Å²) in [6.07, 6.45) is 1.68. The average molecular weight is 337 g/mol. The van der Waals surface area contributed by atoms with Crippen LogP contribution in [0.25, 0.3) is 16.9 Å². The van der Waals surface area contributed by atoms with Crippen molar-refractivity contribution >= 4 is 28.8 Å². The molecule has 112 valence electrons. The zero-order chi connectivity index (χ0) is 15.3. The van der Waals surface area contributed by atoms with Gasteiger partial charge in [0.25, 0.3) is 0 Å². The van der Waals surface area contributed by atoms with Crippen molar-refractivity contribution in [2.24, 2.45) is 0 Å². The first kappa shape index (κ1) is 13.7. The van der Waals surface area contributed by atoms with Gasteiger partial charge < -0.3 is 14.6 Å². The molecule has 0 unspecified atom stereocenters. The lowest BCUT2D eigenvalue weighted by Crippen LogP contribution is -1.94. The van der Waals surface area contributed by atoms with Crippen LogP contribution in [0.15, 0.2) is 30.5 Å². The summed E-state index contributed by atoms with van der Waals surface area (Å²) in [6.45, 7) is 0.0137. The molecule has 0 saturated carbocycles. The van der Waals surface area contributed by atoms with Crippen molar-refractivity contribution in [3.63, 3.8) is 0 Å². The minimum Gasteiger partial charge on any atom is -0.454 e. The van der Waals surface area contributed by atoms with Crippen molar-refractivity contribution in [3.05, 3.63) is 46.2 Å². The third kappa shape index (κ3) is 2.01. The lowest BCUT2D eigenvalue weighted by atomic mass is 10.1. The Morgan fingerprint density at radius 1 is 1.18 bits per heavy atom. The molecule has 0 spiro atoms. The van der Waals surface area contributed by atoms with E-state index in [0.29, 0.717) is 38.6 Å². The number of pyridine rings is 1. The molecule has 4 rings (SSSR count). The normalized spacial score (nSPS) is 13.0. The second-order valence-corrected chi connectivity index (χ2v) is 5.68. The third-order valence-electron chi connectivity index (χ3n) is 3.54. The quantitative estimate of drug-likeness (QED) is 0.777. The molecule has 0 fully saturated rings. The lowest BCUT2D eigenvalue weighted by Gasteiger charge is -2.04. The summed E-state index contributed by atoms with van der Waals surface area (Å²) < 4.78 is 12.4. The van der Waals surface area contributed by atoms with Crippen LogP contribution in [0.5, 0.6) is 11.5 Å². The van der Waals surface area contributed by atoms with Gasteiger partial charge in [-0.1, -0.05) is 23.2 Å². The molecule has 1 aromatic carbocycles. The Labute approximate surface area is 135 Å². The fraction of sp³-hybridized carbons (Fsp3) is 0.133. The van der Waals surface area contributed by atoms with E-state index in [-0.39, 0.29) is 13.4 Å². The van der Waals surface area contributed by atoms with Gasteiger partial charge in [-0.25, -0.2) is 4.98 Å². The Bertz CT molecular complexity index is 892. The Kier molecular flexibility index (Phi) is 3.14. The molecule has 0 bridgehead atoms. The molecular weight excluding hydrogens is 327 g/mol. The second kappa shape index (κ2) is 5.05. The Morgan fingerprint density at radius 2 is 2.00 bits per heavy atom. The Balaban J connectivity index is 1.96. The molecule has 0 radical (unpaired) electrons. The van der Waals surface area contributed by atoms with Crippen LogP contribution in [0, 0.1) is 0 Å². The number of hydrogen-bond acceptors (Lipinski definition) is 4. The van der Waals surface area contributed by atoms with Crippen LogP contribution in [-0.2, 0) is 6.61 Å². The summed E-state index contributed by atoms with van der Waals surface area (Å²) in [5, 5.41) is 10.6. The van der Waals surface area contributed by atoms with E-state index in [0.717, 1.165) is 5.56 Å². The van der Waals surface area contributed by atoms with Crippen LogP contribution >= 0.6 is 23.2 Å². The van der Waals surface area contributed by atoms with Crippen LogP contribution in [0.3, 0.4) is 0 Å². The predicted molar refractivity (Wildman–Crippen MR) is 82.7 cm³/mol. The number of benzene rings is 1. The summed E-state index contributed by atoms with van der Waals surface area (Å²) in [4.78, 5) is 4.54. The fourth-order valence-electron chi connectivity index (χ4n) is 2.55. The van der Waals surface area contributed by atoms with E-state index in [1.807, 2.05) is 18.2 Å². The molecular formula is C15H10Cl2N2O3. The SMILES string of the molecule is OCc1c(-c2ccc3c(c2)OCO3)nc2c(Cl)cc(Cl)cn12. The van der Waals surface area contributed by atoms with Crippen LogP contribution in [0.2, 0.25) is 10.0 Å². The molecule has 2 aromatic heterocycles. The Morgan fingerprint density at radius 3 is 2.82 bits per heavy atom. The standard InChI is InChI=1S/C15H10Cl2N2O3/c16-9-4-10(17)15-18-14(11(6-20)19(15)5-9)8-1-2-12-13(3-8)22-7-21-12/h1-5,20H,6-7H2. The number of imidazole rings is 1. The highest BCUT2D eigenvalue weighted by molar-refractivity contribution is 6.36. The van der Waals surface area contributed by atoms with Gasteiger partial charge >= 0.3 is 0 Å². The van der Waals surface area contributed by atoms with E-state index < -0.39 is 0 Å². The maximum atomic E-state index is 9.74. The fourth-order valence-corrected chi connectivity index (χ4v) is 3.06. The summed E-state index contributed by atoms with van der Waals surface area (Å²) in [5.41, 5.74) is 2.59. The molecule has 1 aliphatic rings. The molecule has 22 heavy (non-hydrogen) atoms. The van der Waals surface area contributed by atoms with Crippen LogP contribution < -0.4 is 9.47 Å². The van der Waals surface area contributed by atoms with Gasteiger partial charge in [-0.15, -0.1) is 0 Å². The summed E-state index contributed by atoms with van der Waals surface area (Å²) in [6, 6.07) is 7.14. The summed E-state index contributed by atoms with van der Waals surface area (Å²) in [5.74, 6) is 1.35. The zero-order valence-electron chi connectivity index (χ0n) is 11.2.